The van der Waals surface area contributed by atoms with Gasteiger partial charge in [-0.15, -0.1) is 0 Å². The summed E-state index contributed by atoms with van der Waals surface area (Å²) in [6.07, 6.45) is 4.49. The maximum Gasteiger partial charge on any atom is 0.264 e. The fourth-order valence-corrected chi connectivity index (χ4v) is 2.19. The van der Waals surface area contributed by atoms with Crippen molar-refractivity contribution in [3.63, 3.8) is 0 Å². The smallest absolute Gasteiger partial charge is 0.264 e. The van der Waals surface area contributed by atoms with Gasteiger partial charge in [0.05, 0.1) is 12.6 Å². The van der Waals surface area contributed by atoms with Crippen LogP contribution in [-0.2, 0) is 4.79 Å². The molecule has 0 bridgehead atoms. The molecule has 0 aliphatic carbocycles. The minimum Gasteiger partial charge on any atom is -0.394 e. The van der Waals surface area contributed by atoms with Crippen LogP contribution in [0.5, 0.6) is 0 Å². The first-order valence-electron chi connectivity index (χ1n) is 6.44. The molecule has 4 heteroatoms. The van der Waals surface area contributed by atoms with Crippen LogP contribution in [0.1, 0.15) is 40.0 Å². The Labute approximate surface area is 109 Å². The van der Waals surface area contributed by atoms with Crippen molar-refractivity contribution in [3.05, 3.63) is 11.6 Å². The second kappa shape index (κ2) is 6.01. The highest BCUT2D eigenvalue weighted by Gasteiger charge is 2.28. The summed E-state index contributed by atoms with van der Waals surface area (Å²) in [5.41, 5.74) is -0.0200. The third kappa shape index (κ3) is 3.85. The first-order valence-corrected chi connectivity index (χ1v) is 6.44. The number of likely N-dealkylation sites (tertiary alicyclic amines) is 1. The molecular formula is C14H22N2O2. The van der Waals surface area contributed by atoms with E-state index in [2.05, 4.69) is 0 Å². The lowest BCUT2D eigenvalue weighted by Crippen LogP contribution is -2.46. The quantitative estimate of drug-likeness (QED) is 0.601. The lowest BCUT2D eigenvalue weighted by molar-refractivity contribution is -0.131. The first kappa shape index (κ1) is 14.7. The Bertz CT molecular complexity index is 374. The van der Waals surface area contributed by atoms with Gasteiger partial charge in [0.25, 0.3) is 5.91 Å². The van der Waals surface area contributed by atoms with Gasteiger partial charge in [-0.05, 0) is 24.7 Å². The van der Waals surface area contributed by atoms with Crippen molar-refractivity contribution in [2.45, 2.75) is 46.1 Å². The van der Waals surface area contributed by atoms with Gasteiger partial charge in [-0.25, -0.2) is 0 Å². The number of amides is 1. The van der Waals surface area contributed by atoms with Crippen LogP contribution in [0, 0.1) is 16.7 Å². The van der Waals surface area contributed by atoms with Crippen molar-refractivity contribution >= 4 is 5.91 Å². The number of piperidine rings is 1. The molecular weight excluding hydrogens is 228 g/mol. The summed E-state index contributed by atoms with van der Waals surface area (Å²) < 4.78 is 0. The van der Waals surface area contributed by atoms with E-state index in [0.717, 1.165) is 19.3 Å². The molecule has 18 heavy (non-hydrogen) atoms. The van der Waals surface area contributed by atoms with E-state index in [4.69, 9.17) is 5.26 Å². The Morgan fingerprint density at radius 3 is 2.67 bits per heavy atom. The predicted molar refractivity (Wildman–Crippen MR) is 69.6 cm³/mol. The number of carbonyl (C=O) groups excluding carboxylic acids is 1. The van der Waals surface area contributed by atoms with E-state index in [9.17, 15) is 9.90 Å². The molecule has 0 aromatic carbocycles. The second-order valence-electron chi connectivity index (χ2n) is 5.87. The lowest BCUT2D eigenvalue weighted by Gasteiger charge is -2.34. The van der Waals surface area contributed by atoms with Crippen molar-refractivity contribution in [1.82, 2.24) is 4.90 Å². The van der Waals surface area contributed by atoms with Gasteiger partial charge in [-0.1, -0.05) is 26.8 Å². The molecule has 0 unspecified atom stereocenters. The van der Waals surface area contributed by atoms with E-state index in [0.29, 0.717) is 6.54 Å². The molecule has 0 spiro atoms. The van der Waals surface area contributed by atoms with Crippen molar-refractivity contribution in [2.24, 2.45) is 5.41 Å². The number of aliphatic hydroxyl groups excluding tert-OH is 1. The Balaban J connectivity index is 2.90. The standard InChI is InChI=1S/C14H22N2O2/c1-14(2,3)8-11(9-15)13(18)16-7-5-4-6-12(16)10-17/h8,12,17H,4-7,10H2,1-3H3/t12-/m0/s1. The molecule has 0 aromatic heterocycles. The third-order valence-electron chi connectivity index (χ3n) is 3.03. The zero-order valence-corrected chi connectivity index (χ0v) is 11.4. The van der Waals surface area contributed by atoms with Gasteiger partial charge in [0, 0.05) is 6.54 Å². The van der Waals surface area contributed by atoms with Crippen LogP contribution in [0.25, 0.3) is 0 Å². The molecule has 100 valence electrons. The molecule has 1 atom stereocenters. The minimum atomic E-state index is -0.244. The molecule has 1 heterocycles. The van der Waals surface area contributed by atoms with Crippen molar-refractivity contribution in [3.8, 4) is 6.07 Å². The van der Waals surface area contributed by atoms with Crippen molar-refractivity contribution < 1.29 is 9.90 Å². The van der Waals surface area contributed by atoms with Crippen LogP contribution < -0.4 is 0 Å². The van der Waals surface area contributed by atoms with E-state index in [1.165, 1.54) is 0 Å². The second-order valence-corrected chi connectivity index (χ2v) is 5.87. The van der Waals surface area contributed by atoms with Crippen molar-refractivity contribution in [2.75, 3.05) is 13.2 Å². The van der Waals surface area contributed by atoms with Crippen LogP contribution in [0.15, 0.2) is 11.6 Å². The number of rotatable bonds is 2. The number of aliphatic hydroxyl groups is 1. The molecule has 1 N–H and O–H groups in total. The molecule has 1 saturated heterocycles. The van der Waals surface area contributed by atoms with E-state index in [1.54, 1.807) is 11.0 Å². The van der Waals surface area contributed by atoms with Crippen LogP contribution in [0.4, 0.5) is 0 Å². The Morgan fingerprint density at radius 1 is 1.50 bits per heavy atom. The fraction of sp³-hybridized carbons (Fsp3) is 0.714. The molecule has 1 amide bonds. The molecule has 1 fully saturated rings. The van der Waals surface area contributed by atoms with Gasteiger partial charge in [-0.2, -0.15) is 5.26 Å². The average molecular weight is 250 g/mol. The molecule has 4 nitrogen and oxygen atoms in total. The minimum absolute atomic E-state index is 0.0278. The van der Waals surface area contributed by atoms with E-state index in [1.807, 2.05) is 26.8 Å². The van der Waals surface area contributed by atoms with Gasteiger partial charge in [0.15, 0.2) is 0 Å². The zero-order valence-electron chi connectivity index (χ0n) is 11.4. The molecule has 0 radical (unpaired) electrons. The van der Waals surface area contributed by atoms with Crippen LogP contribution >= 0.6 is 0 Å². The number of allylic oxidation sites excluding steroid dienone is 1. The fourth-order valence-electron chi connectivity index (χ4n) is 2.19. The topological polar surface area (TPSA) is 64.3 Å². The normalized spacial score (nSPS) is 21.6. The monoisotopic (exact) mass is 250 g/mol. The third-order valence-corrected chi connectivity index (χ3v) is 3.03. The Hall–Kier alpha value is -1.34. The van der Waals surface area contributed by atoms with Crippen LogP contribution in [0.3, 0.4) is 0 Å². The van der Waals surface area contributed by atoms with E-state index >= 15 is 0 Å². The lowest BCUT2D eigenvalue weighted by atomic mass is 9.92. The summed E-state index contributed by atoms with van der Waals surface area (Å²) in [4.78, 5) is 13.9. The number of nitrogens with zero attached hydrogens (tertiary/aromatic N) is 2. The Kier molecular flexibility index (Phi) is 4.92. The maximum absolute atomic E-state index is 12.3. The summed E-state index contributed by atoms with van der Waals surface area (Å²) >= 11 is 0. The Morgan fingerprint density at radius 2 is 2.17 bits per heavy atom. The van der Waals surface area contributed by atoms with Crippen molar-refractivity contribution in [1.29, 1.82) is 5.26 Å². The summed E-state index contributed by atoms with van der Waals surface area (Å²) in [5, 5.41) is 18.4. The molecule has 1 rings (SSSR count). The largest absolute Gasteiger partial charge is 0.394 e. The number of hydrogen-bond acceptors (Lipinski definition) is 3. The highest BCUT2D eigenvalue weighted by atomic mass is 16.3. The first-order chi connectivity index (χ1) is 8.39. The molecule has 1 aliphatic rings. The number of nitriles is 1. The average Bonchev–Trinajstić information content (AvgIpc) is 2.34. The van der Waals surface area contributed by atoms with E-state index < -0.39 is 0 Å². The van der Waals surface area contributed by atoms with Crippen LogP contribution in [-0.4, -0.2) is 35.1 Å². The highest BCUT2D eigenvalue weighted by molar-refractivity contribution is 5.97. The summed E-state index contributed by atoms with van der Waals surface area (Å²) in [6.45, 7) is 6.47. The van der Waals surface area contributed by atoms with Gasteiger partial charge in [-0.3, -0.25) is 4.79 Å². The summed E-state index contributed by atoms with van der Waals surface area (Å²) in [6, 6.07) is 1.85. The predicted octanol–water partition coefficient (Wildman–Crippen LogP) is 1.86. The van der Waals surface area contributed by atoms with E-state index in [-0.39, 0.29) is 29.5 Å². The highest BCUT2D eigenvalue weighted by Crippen LogP contribution is 2.22. The van der Waals surface area contributed by atoms with Gasteiger partial charge in [0.1, 0.15) is 11.6 Å². The molecule has 1 aliphatic heterocycles. The number of carbonyl (C=O) groups is 1. The molecule has 0 saturated carbocycles. The summed E-state index contributed by atoms with van der Waals surface area (Å²) in [7, 11) is 0. The maximum atomic E-state index is 12.3. The van der Waals surface area contributed by atoms with Crippen LogP contribution in [0.2, 0.25) is 0 Å². The SMILES string of the molecule is CC(C)(C)C=C(C#N)C(=O)N1CCCC[C@H]1CO. The van der Waals surface area contributed by atoms with Gasteiger partial charge < -0.3 is 10.0 Å². The van der Waals surface area contributed by atoms with Gasteiger partial charge in [0.2, 0.25) is 0 Å². The number of hydrogen-bond donors (Lipinski definition) is 1. The van der Waals surface area contributed by atoms with Gasteiger partial charge >= 0.3 is 0 Å². The molecule has 0 aromatic rings. The zero-order chi connectivity index (χ0) is 13.8. The summed E-state index contributed by atoms with van der Waals surface area (Å²) in [5.74, 6) is -0.244.